The molecule has 2 aromatic rings. The molecule has 3 amide bonds. The van der Waals surface area contributed by atoms with E-state index in [0.29, 0.717) is 26.1 Å². The van der Waals surface area contributed by atoms with E-state index in [9.17, 15) is 14.4 Å². The topological polar surface area (TPSA) is 81.8 Å². The Morgan fingerprint density at radius 1 is 1.03 bits per heavy atom. The highest BCUT2D eigenvalue weighted by atomic mass is 16.2. The molecule has 3 aliphatic rings. The zero-order valence-electron chi connectivity index (χ0n) is 22.6. The number of nitrogens with one attached hydrogen (secondary N) is 2. The van der Waals surface area contributed by atoms with Gasteiger partial charge in [-0.1, -0.05) is 48.5 Å². The van der Waals surface area contributed by atoms with Gasteiger partial charge in [0.05, 0.1) is 11.3 Å². The number of para-hydroxylation sites is 1. The predicted octanol–water partition coefficient (Wildman–Crippen LogP) is 3.42. The molecule has 3 heterocycles. The second kappa shape index (κ2) is 11.3. The number of carbonyl (C=O) groups excluding carboxylic acids is 3. The van der Waals surface area contributed by atoms with Crippen LogP contribution in [0.5, 0.6) is 0 Å². The van der Waals surface area contributed by atoms with E-state index in [1.165, 1.54) is 0 Å². The second-order valence-corrected chi connectivity index (χ2v) is 11.5. The Bertz CT molecular complexity index is 1150. The molecule has 2 fully saturated rings. The maximum atomic E-state index is 13.7. The van der Waals surface area contributed by atoms with E-state index in [1.54, 1.807) is 0 Å². The number of hydrogen-bond acceptors (Lipinski definition) is 4. The fourth-order valence-corrected chi connectivity index (χ4v) is 6.24. The summed E-state index contributed by atoms with van der Waals surface area (Å²) in [7, 11) is 0. The van der Waals surface area contributed by atoms with Gasteiger partial charge in [0.2, 0.25) is 17.7 Å². The van der Waals surface area contributed by atoms with Crippen LogP contribution in [0.2, 0.25) is 0 Å². The Balaban J connectivity index is 1.25. The number of rotatable bonds is 7. The average Bonchev–Trinajstić information content (AvgIpc) is 3.16. The summed E-state index contributed by atoms with van der Waals surface area (Å²) in [6.07, 6.45) is 4.59. The van der Waals surface area contributed by atoms with Crippen molar-refractivity contribution in [3.8, 4) is 0 Å². The monoisotopic (exact) mass is 516 g/mol. The molecule has 7 nitrogen and oxygen atoms in total. The smallest absolute Gasteiger partial charge is 0.245 e. The molecule has 202 valence electrons. The number of piperidine rings is 2. The van der Waals surface area contributed by atoms with E-state index in [1.807, 2.05) is 66.1 Å². The summed E-state index contributed by atoms with van der Waals surface area (Å²) in [5.41, 5.74) is 2.70. The Morgan fingerprint density at radius 3 is 2.45 bits per heavy atom. The Kier molecular flexibility index (Phi) is 7.84. The number of likely N-dealkylation sites (tertiary alicyclic amines) is 1. The number of aryl methyl sites for hydroxylation is 1. The lowest BCUT2D eigenvalue weighted by atomic mass is 9.86. The highest BCUT2D eigenvalue weighted by Crippen LogP contribution is 2.43. The summed E-state index contributed by atoms with van der Waals surface area (Å²) in [5.74, 6) is 0.00802. The lowest BCUT2D eigenvalue weighted by Gasteiger charge is -2.39. The summed E-state index contributed by atoms with van der Waals surface area (Å²) < 4.78 is 0. The maximum absolute atomic E-state index is 13.7. The molecule has 5 rings (SSSR count). The molecule has 1 unspecified atom stereocenters. The third-order valence-corrected chi connectivity index (χ3v) is 8.58. The Labute approximate surface area is 226 Å². The minimum atomic E-state index is -0.547. The molecular formula is C31H40N4O3. The van der Waals surface area contributed by atoms with Crippen molar-refractivity contribution in [3.63, 3.8) is 0 Å². The molecule has 0 radical (unpaired) electrons. The van der Waals surface area contributed by atoms with Crippen LogP contribution >= 0.6 is 0 Å². The number of fused-ring (bicyclic) bond motifs is 1. The molecule has 2 N–H and O–H groups in total. The third-order valence-electron chi connectivity index (χ3n) is 8.58. The summed E-state index contributed by atoms with van der Waals surface area (Å²) in [5, 5.41) is 6.42. The molecule has 7 heteroatoms. The van der Waals surface area contributed by atoms with Gasteiger partial charge >= 0.3 is 0 Å². The van der Waals surface area contributed by atoms with Crippen molar-refractivity contribution < 1.29 is 14.4 Å². The second-order valence-electron chi connectivity index (χ2n) is 11.5. The molecule has 0 aliphatic carbocycles. The Hall–Kier alpha value is -3.19. The first kappa shape index (κ1) is 26.4. The van der Waals surface area contributed by atoms with Crippen LogP contribution < -0.4 is 15.5 Å². The number of amides is 3. The normalized spacial score (nSPS) is 22.2. The third kappa shape index (κ3) is 5.35. The van der Waals surface area contributed by atoms with Gasteiger partial charge in [-0.3, -0.25) is 14.4 Å². The van der Waals surface area contributed by atoms with Gasteiger partial charge in [0.25, 0.3) is 0 Å². The highest BCUT2D eigenvalue weighted by molar-refractivity contribution is 6.08. The van der Waals surface area contributed by atoms with Crippen molar-refractivity contribution in [1.29, 1.82) is 0 Å². The predicted molar refractivity (Wildman–Crippen MR) is 149 cm³/mol. The minimum Gasteiger partial charge on any atom is -0.344 e. The van der Waals surface area contributed by atoms with Crippen LogP contribution in [0.4, 0.5) is 5.69 Å². The van der Waals surface area contributed by atoms with Crippen LogP contribution in [-0.4, -0.2) is 60.9 Å². The fourth-order valence-electron chi connectivity index (χ4n) is 6.24. The lowest BCUT2D eigenvalue weighted by molar-refractivity contribution is -0.138. The average molecular weight is 517 g/mol. The van der Waals surface area contributed by atoms with E-state index in [-0.39, 0.29) is 29.7 Å². The summed E-state index contributed by atoms with van der Waals surface area (Å²) in [4.78, 5) is 44.1. The van der Waals surface area contributed by atoms with E-state index in [0.717, 1.165) is 55.5 Å². The summed E-state index contributed by atoms with van der Waals surface area (Å²) >= 11 is 0. The SMILES string of the molecule is CC1(C)C(=O)N(C2CCN(C(=O)[C@H](CCc3ccccc3)NC(=O)C3CCCNC3)CC2)c2ccccc21. The molecule has 3 aliphatic heterocycles. The largest absolute Gasteiger partial charge is 0.344 e. The molecule has 0 bridgehead atoms. The van der Waals surface area contributed by atoms with Crippen LogP contribution in [0.15, 0.2) is 54.6 Å². The maximum Gasteiger partial charge on any atom is 0.245 e. The zero-order chi connectivity index (χ0) is 26.7. The number of carbonyl (C=O) groups is 3. The van der Waals surface area contributed by atoms with E-state index in [4.69, 9.17) is 0 Å². The van der Waals surface area contributed by atoms with Crippen molar-refractivity contribution in [1.82, 2.24) is 15.5 Å². The molecule has 0 aromatic heterocycles. The van der Waals surface area contributed by atoms with Gasteiger partial charge < -0.3 is 20.4 Å². The van der Waals surface area contributed by atoms with Crippen molar-refractivity contribution in [2.24, 2.45) is 5.92 Å². The number of benzene rings is 2. The zero-order valence-corrected chi connectivity index (χ0v) is 22.6. The number of anilines is 1. The molecule has 38 heavy (non-hydrogen) atoms. The van der Waals surface area contributed by atoms with E-state index in [2.05, 4.69) is 22.8 Å². The van der Waals surface area contributed by atoms with Crippen molar-refractivity contribution in [3.05, 3.63) is 65.7 Å². The van der Waals surface area contributed by atoms with Gasteiger partial charge in [-0.05, 0) is 76.1 Å². The van der Waals surface area contributed by atoms with E-state index >= 15 is 0 Å². The highest BCUT2D eigenvalue weighted by Gasteiger charge is 2.47. The molecule has 0 spiro atoms. The van der Waals surface area contributed by atoms with Crippen LogP contribution in [-0.2, 0) is 26.2 Å². The fraction of sp³-hybridized carbons (Fsp3) is 0.516. The van der Waals surface area contributed by atoms with E-state index < -0.39 is 11.5 Å². The van der Waals surface area contributed by atoms with Crippen LogP contribution in [0.25, 0.3) is 0 Å². The van der Waals surface area contributed by atoms with Crippen LogP contribution in [0.3, 0.4) is 0 Å². The number of nitrogens with zero attached hydrogens (tertiary/aromatic N) is 2. The van der Waals surface area contributed by atoms with Crippen LogP contribution in [0.1, 0.15) is 57.1 Å². The van der Waals surface area contributed by atoms with Crippen molar-refractivity contribution in [2.45, 2.75) is 69.9 Å². The van der Waals surface area contributed by atoms with Gasteiger partial charge in [0, 0.05) is 31.4 Å². The molecule has 2 saturated heterocycles. The quantitative estimate of drug-likeness (QED) is 0.591. The first-order valence-electron chi connectivity index (χ1n) is 14.1. The van der Waals surface area contributed by atoms with Gasteiger partial charge in [0.15, 0.2) is 0 Å². The van der Waals surface area contributed by atoms with Gasteiger partial charge in [-0.2, -0.15) is 0 Å². The first-order chi connectivity index (χ1) is 18.4. The van der Waals surface area contributed by atoms with Gasteiger partial charge in [-0.25, -0.2) is 0 Å². The van der Waals surface area contributed by atoms with Gasteiger partial charge in [0.1, 0.15) is 6.04 Å². The molecular weight excluding hydrogens is 476 g/mol. The molecule has 2 atom stereocenters. The minimum absolute atomic E-state index is 0.00928. The number of hydrogen-bond donors (Lipinski definition) is 2. The van der Waals surface area contributed by atoms with Crippen LogP contribution in [0, 0.1) is 5.92 Å². The first-order valence-corrected chi connectivity index (χ1v) is 14.1. The lowest BCUT2D eigenvalue weighted by Crippen LogP contribution is -2.55. The standard InChI is InChI=1S/C31H40N4O3/c1-31(2)25-12-6-7-13-27(25)35(30(31)38)24-16-19-34(20-17-24)29(37)26(15-14-22-9-4-3-5-10-22)33-28(36)23-11-8-18-32-21-23/h3-7,9-10,12-13,23-24,26,32H,8,11,14-21H2,1-2H3,(H,33,36)/t23?,26-/m0/s1. The van der Waals surface area contributed by atoms with Gasteiger partial charge in [-0.15, -0.1) is 0 Å². The molecule has 2 aromatic carbocycles. The Morgan fingerprint density at radius 2 is 1.74 bits per heavy atom. The summed E-state index contributed by atoms with van der Waals surface area (Å²) in [6.45, 7) is 6.76. The van der Waals surface area contributed by atoms with Crippen molar-refractivity contribution in [2.75, 3.05) is 31.1 Å². The van der Waals surface area contributed by atoms with Crippen molar-refractivity contribution >= 4 is 23.4 Å². The summed E-state index contributed by atoms with van der Waals surface area (Å²) in [6, 6.07) is 17.7. The molecule has 0 saturated carbocycles.